The summed E-state index contributed by atoms with van der Waals surface area (Å²) in [5.74, 6) is -0.167. The molecule has 1 unspecified atom stereocenters. The molecular weight excluding hydrogens is 500 g/mol. The number of carboxylic acid groups (broad SMARTS) is 1. The van der Waals surface area contributed by atoms with Crippen LogP contribution in [-0.2, 0) is 19.1 Å². The molecule has 4 fully saturated rings. The van der Waals surface area contributed by atoms with Crippen LogP contribution in [0.5, 0.6) is 0 Å². The lowest BCUT2D eigenvalue weighted by molar-refractivity contribution is -0.208. The van der Waals surface area contributed by atoms with Crippen molar-refractivity contribution in [3.05, 3.63) is 11.6 Å². The molecule has 5 nitrogen and oxygen atoms in total. The first-order valence-electron chi connectivity index (χ1n) is 16.1. The largest absolute Gasteiger partial charge is 0.481 e. The van der Waals surface area contributed by atoms with Gasteiger partial charge in [-0.15, -0.1) is 0 Å². The Bertz CT molecular complexity index is 1130. The van der Waals surface area contributed by atoms with E-state index in [2.05, 4.69) is 54.5 Å². The minimum atomic E-state index is -1.08. The summed E-state index contributed by atoms with van der Waals surface area (Å²) in [6.07, 6.45) is 9.96. The number of allylic oxidation sites excluding steroid dienone is 2. The number of hydrogen-bond donors (Lipinski definition) is 1. The molecule has 0 bridgehead atoms. The van der Waals surface area contributed by atoms with Crippen molar-refractivity contribution >= 4 is 17.7 Å². The zero-order valence-electron chi connectivity index (χ0n) is 26.6. The van der Waals surface area contributed by atoms with Crippen molar-refractivity contribution in [2.24, 2.45) is 56.2 Å². The molecule has 0 saturated heterocycles. The molecular formula is C35H54O5. The van der Waals surface area contributed by atoms with Gasteiger partial charge in [-0.25, -0.2) is 0 Å². The molecule has 0 aromatic rings. The maximum Gasteiger partial charge on any atom is 0.314 e. The third-order valence-corrected chi connectivity index (χ3v) is 14.0. The molecule has 0 aliphatic heterocycles. The summed E-state index contributed by atoms with van der Waals surface area (Å²) in [7, 11) is 0. The van der Waals surface area contributed by atoms with E-state index < -0.39 is 17.5 Å². The second kappa shape index (κ2) is 9.17. The molecule has 5 aliphatic carbocycles. The van der Waals surface area contributed by atoms with E-state index in [1.165, 1.54) is 5.57 Å². The Hall–Kier alpha value is -1.65. The van der Waals surface area contributed by atoms with Crippen LogP contribution in [0.15, 0.2) is 11.6 Å². The van der Waals surface area contributed by atoms with Gasteiger partial charge in [0, 0.05) is 17.8 Å². The lowest BCUT2D eigenvalue weighted by atomic mass is 9.33. The summed E-state index contributed by atoms with van der Waals surface area (Å²) in [6.45, 7) is 20.0. The van der Waals surface area contributed by atoms with Gasteiger partial charge in [0.05, 0.1) is 5.92 Å². The summed E-state index contributed by atoms with van der Waals surface area (Å²) in [4.78, 5) is 39.5. The molecule has 0 heterocycles. The van der Waals surface area contributed by atoms with Crippen LogP contribution in [0.4, 0.5) is 0 Å². The third-order valence-electron chi connectivity index (χ3n) is 14.0. The van der Waals surface area contributed by atoms with Gasteiger partial charge in [0.1, 0.15) is 17.3 Å². The molecule has 0 aromatic heterocycles. The number of carbonyl (C=O) groups excluding carboxylic acids is 2. The zero-order chi connectivity index (χ0) is 29.7. The Labute approximate surface area is 242 Å². The maximum absolute atomic E-state index is 13.4. The highest BCUT2D eigenvalue weighted by Crippen LogP contribution is 2.75. The number of carboxylic acids is 1. The van der Waals surface area contributed by atoms with Gasteiger partial charge in [-0.2, -0.15) is 0 Å². The Balaban J connectivity index is 1.59. The number of aliphatic carboxylic acids is 1. The number of ketones is 1. The number of esters is 1. The number of carbonyl (C=O) groups is 3. The van der Waals surface area contributed by atoms with Gasteiger partial charge in [-0.05, 0) is 91.3 Å². The molecule has 4 saturated carbocycles. The highest BCUT2D eigenvalue weighted by atomic mass is 16.5. The van der Waals surface area contributed by atoms with E-state index in [1.807, 2.05) is 13.8 Å². The van der Waals surface area contributed by atoms with Crippen molar-refractivity contribution in [3.8, 4) is 0 Å². The first-order valence-corrected chi connectivity index (χ1v) is 16.1. The van der Waals surface area contributed by atoms with Crippen molar-refractivity contribution in [3.63, 3.8) is 0 Å². The normalized spacial score (nSPS) is 46.0. The average Bonchev–Trinajstić information content (AvgIpc) is 2.85. The highest BCUT2D eigenvalue weighted by molar-refractivity contribution is 5.85. The predicted molar refractivity (Wildman–Crippen MR) is 156 cm³/mol. The molecule has 40 heavy (non-hydrogen) atoms. The fourth-order valence-corrected chi connectivity index (χ4v) is 11.2. The summed E-state index contributed by atoms with van der Waals surface area (Å²) < 4.78 is 6.20. The van der Waals surface area contributed by atoms with E-state index in [1.54, 1.807) is 0 Å². The molecule has 0 radical (unpaired) electrons. The molecule has 9 atom stereocenters. The van der Waals surface area contributed by atoms with Gasteiger partial charge in [0.25, 0.3) is 0 Å². The highest BCUT2D eigenvalue weighted by Gasteiger charge is 2.71. The standard InChI is InChI=1S/C35H54O5/c1-10-21(2)28(37)40-27-20-30(3,4)19-23-22-11-12-25-32(7)15-14-26(36)31(5,6)24(32)13-16-34(25,9)33(22,8)17-18-35(23,27)29(38)39/h11,21,23-25,27H,10,12-20H2,1-9H3,(H,38,39)/t21?,23-,24-,25+,27+,32-,33+,34+,35-/m0/s1. The Kier molecular flexibility index (Phi) is 6.84. The fourth-order valence-electron chi connectivity index (χ4n) is 11.2. The van der Waals surface area contributed by atoms with E-state index in [0.29, 0.717) is 43.3 Å². The van der Waals surface area contributed by atoms with Crippen LogP contribution in [0.1, 0.15) is 127 Å². The van der Waals surface area contributed by atoms with Crippen molar-refractivity contribution < 1.29 is 24.2 Å². The molecule has 5 rings (SSSR count). The molecule has 0 amide bonds. The quantitative estimate of drug-likeness (QED) is 0.281. The van der Waals surface area contributed by atoms with Crippen molar-refractivity contribution in [1.29, 1.82) is 0 Å². The molecule has 224 valence electrons. The van der Waals surface area contributed by atoms with Crippen LogP contribution in [0, 0.1) is 56.2 Å². The Morgan fingerprint density at radius 3 is 2.30 bits per heavy atom. The van der Waals surface area contributed by atoms with E-state index >= 15 is 0 Å². The monoisotopic (exact) mass is 554 g/mol. The van der Waals surface area contributed by atoms with Crippen LogP contribution < -0.4 is 0 Å². The first-order chi connectivity index (χ1) is 18.4. The topological polar surface area (TPSA) is 80.7 Å². The molecule has 0 aromatic carbocycles. The second-order valence-corrected chi connectivity index (χ2v) is 16.6. The molecule has 0 spiro atoms. The number of rotatable bonds is 4. The SMILES string of the molecule is CCC(C)C(=O)O[C@@H]1CC(C)(C)C[C@H]2C3=CC[C@@H]4[C@@]5(C)CCC(=O)C(C)(C)[C@@H]5CC[C@@]4(C)[C@]3(C)CC[C@@]12C(=O)O. The second-order valence-electron chi connectivity index (χ2n) is 16.6. The lowest BCUT2D eigenvalue weighted by Crippen LogP contribution is -2.66. The minimum absolute atomic E-state index is 0.0357. The van der Waals surface area contributed by atoms with Gasteiger partial charge in [0.2, 0.25) is 0 Å². The van der Waals surface area contributed by atoms with E-state index in [9.17, 15) is 19.5 Å². The summed E-state index contributed by atoms with van der Waals surface area (Å²) >= 11 is 0. The first kappa shape index (κ1) is 29.8. The van der Waals surface area contributed by atoms with Crippen LogP contribution in [-0.4, -0.2) is 28.9 Å². The van der Waals surface area contributed by atoms with Gasteiger partial charge in [0.15, 0.2) is 0 Å². The van der Waals surface area contributed by atoms with E-state index in [0.717, 1.165) is 38.5 Å². The van der Waals surface area contributed by atoms with Crippen LogP contribution in [0.3, 0.4) is 0 Å². The Morgan fingerprint density at radius 2 is 1.68 bits per heavy atom. The van der Waals surface area contributed by atoms with Gasteiger partial charge in [-0.1, -0.05) is 74.0 Å². The fraction of sp³-hybridized carbons (Fsp3) is 0.857. The zero-order valence-corrected chi connectivity index (χ0v) is 26.6. The maximum atomic E-state index is 13.4. The van der Waals surface area contributed by atoms with Gasteiger partial charge < -0.3 is 9.84 Å². The van der Waals surface area contributed by atoms with Crippen LogP contribution in [0.25, 0.3) is 0 Å². The van der Waals surface area contributed by atoms with Crippen LogP contribution >= 0.6 is 0 Å². The van der Waals surface area contributed by atoms with Crippen LogP contribution in [0.2, 0.25) is 0 Å². The minimum Gasteiger partial charge on any atom is -0.481 e. The van der Waals surface area contributed by atoms with Crippen molar-refractivity contribution in [2.75, 3.05) is 0 Å². The molecule has 5 heteroatoms. The van der Waals surface area contributed by atoms with Gasteiger partial charge in [-0.3, -0.25) is 14.4 Å². The lowest BCUT2D eigenvalue weighted by Gasteiger charge is -2.70. The Morgan fingerprint density at radius 1 is 1.00 bits per heavy atom. The van der Waals surface area contributed by atoms with Crippen molar-refractivity contribution in [2.45, 2.75) is 133 Å². The average molecular weight is 555 g/mol. The number of fused-ring (bicyclic) bond motifs is 7. The van der Waals surface area contributed by atoms with Crippen molar-refractivity contribution in [1.82, 2.24) is 0 Å². The molecule has 5 aliphatic rings. The number of ether oxygens (including phenoxy) is 1. The number of hydrogen-bond acceptors (Lipinski definition) is 4. The summed E-state index contributed by atoms with van der Waals surface area (Å²) in [6, 6.07) is 0. The predicted octanol–water partition coefficient (Wildman–Crippen LogP) is 8.01. The van der Waals surface area contributed by atoms with E-state index in [-0.39, 0.29) is 44.9 Å². The molecule has 1 N–H and O–H groups in total. The third kappa shape index (κ3) is 3.80. The summed E-state index contributed by atoms with van der Waals surface area (Å²) in [5.41, 5.74) is -0.149. The smallest absolute Gasteiger partial charge is 0.314 e. The van der Waals surface area contributed by atoms with Gasteiger partial charge >= 0.3 is 11.9 Å². The summed E-state index contributed by atoms with van der Waals surface area (Å²) in [5, 5.41) is 11.0. The van der Waals surface area contributed by atoms with E-state index in [4.69, 9.17) is 4.74 Å². The number of Topliss-reactive ketones (excluding diaryl/α,β-unsaturated/α-hetero) is 1.